The molecule has 1 heterocycles. The van der Waals surface area contributed by atoms with Gasteiger partial charge in [0.1, 0.15) is 0 Å². The Morgan fingerprint density at radius 2 is 2.38 bits per heavy atom. The number of aliphatic hydroxyl groups is 1. The van der Waals surface area contributed by atoms with Gasteiger partial charge in [0.15, 0.2) is 0 Å². The van der Waals surface area contributed by atoms with Gasteiger partial charge >= 0.3 is 0 Å². The molecule has 1 atom stereocenters. The minimum absolute atomic E-state index is 0.324. The van der Waals surface area contributed by atoms with Crippen LogP contribution in [0.3, 0.4) is 0 Å². The first kappa shape index (κ1) is 10.4. The van der Waals surface area contributed by atoms with E-state index in [0.717, 1.165) is 5.69 Å². The summed E-state index contributed by atoms with van der Waals surface area (Å²) in [5.41, 5.74) is 0.814. The lowest BCUT2D eigenvalue weighted by atomic mass is 10.2. The highest BCUT2D eigenvalue weighted by Gasteiger charge is 2.05. The van der Waals surface area contributed by atoms with Crippen LogP contribution < -0.4 is 0 Å². The van der Waals surface area contributed by atoms with Crippen LogP contribution in [-0.4, -0.2) is 29.9 Å². The molecule has 0 radical (unpaired) electrons. The number of pyridine rings is 1. The number of nitrogens with zero attached hydrogens (tertiary/aromatic N) is 1. The van der Waals surface area contributed by atoms with Crippen molar-refractivity contribution >= 4 is 11.6 Å². The summed E-state index contributed by atoms with van der Waals surface area (Å²) in [6.45, 7) is 0.324. The fraction of sp³-hybridized carbons (Fsp3) is 0.444. The van der Waals surface area contributed by atoms with E-state index in [9.17, 15) is 5.11 Å². The van der Waals surface area contributed by atoms with Crippen LogP contribution in [0.2, 0.25) is 5.02 Å². The molecule has 1 aromatic rings. The van der Waals surface area contributed by atoms with Crippen molar-refractivity contribution < 1.29 is 9.84 Å². The van der Waals surface area contributed by atoms with Crippen LogP contribution in [0.1, 0.15) is 5.69 Å². The standard InChI is InChI=1S/C9H12ClNO2/c1-13-6-9(12)4-8-3-2-7(10)5-11-8/h2-3,5,9,12H,4,6H2,1H3. The summed E-state index contributed by atoms with van der Waals surface area (Å²) in [6.07, 6.45) is 1.56. The Morgan fingerprint density at radius 3 is 2.92 bits per heavy atom. The lowest BCUT2D eigenvalue weighted by molar-refractivity contribution is 0.0644. The molecule has 0 bridgehead atoms. The van der Waals surface area contributed by atoms with E-state index in [1.54, 1.807) is 25.4 Å². The van der Waals surface area contributed by atoms with Gasteiger partial charge in [0.2, 0.25) is 0 Å². The monoisotopic (exact) mass is 201 g/mol. The number of hydrogen-bond acceptors (Lipinski definition) is 3. The fourth-order valence-electron chi connectivity index (χ4n) is 1.02. The van der Waals surface area contributed by atoms with Gasteiger partial charge in [0.25, 0.3) is 0 Å². The highest BCUT2D eigenvalue weighted by molar-refractivity contribution is 6.30. The van der Waals surface area contributed by atoms with Crippen molar-refractivity contribution in [3.8, 4) is 0 Å². The lowest BCUT2D eigenvalue weighted by Crippen LogP contribution is -2.17. The van der Waals surface area contributed by atoms with E-state index < -0.39 is 6.10 Å². The van der Waals surface area contributed by atoms with Crippen LogP contribution >= 0.6 is 11.6 Å². The zero-order chi connectivity index (χ0) is 9.68. The summed E-state index contributed by atoms with van der Waals surface area (Å²) in [7, 11) is 1.55. The summed E-state index contributed by atoms with van der Waals surface area (Å²) in [4.78, 5) is 4.05. The first-order valence-electron chi connectivity index (χ1n) is 4.00. The first-order valence-corrected chi connectivity index (χ1v) is 4.37. The minimum atomic E-state index is -0.501. The van der Waals surface area contributed by atoms with Gasteiger partial charge in [-0.25, -0.2) is 0 Å². The molecule has 1 N–H and O–H groups in total. The molecule has 0 saturated carbocycles. The number of rotatable bonds is 4. The van der Waals surface area contributed by atoms with E-state index in [4.69, 9.17) is 16.3 Å². The molecule has 4 heteroatoms. The third-order valence-electron chi connectivity index (χ3n) is 1.59. The predicted octanol–water partition coefficient (Wildman–Crippen LogP) is 1.28. The topological polar surface area (TPSA) is 42.4 Å². The van der Waals surface area contributed by atoms with Gasteiger partial charge in [-0.05, 0) is 12.1 Å². The van der Waals surface area contributed by atoms with E-state index >= 15 is 0 Å². The largest absolute Gasteiger partial charge is 0.390 e. The maximum absolute atomic E-state index is 9.37. The van der Waals surface area contributed by atoms with Crippen LogP contribution in [0, 0.1) is 0 Å². The van der Waals surface area contributed by atoms with Gasteiger partial charge in [-0.2, -0.15) is 0 Å². The molecule has 72 valence electrons. The fourth-order valence-corrected chi connectivity index (χ4v) is 1.13. The molecule has 0 aliphatic heterocycles. The van der Waals surface area contributed by atoms with E-state index in [-0.39, 0.29) is 0 Å². The Hall–Kier alpha value is -0.640. The lowest BCUT2D eigenvalue weighted by Gasteiger charge is -2.07. The minimum Gasteiger partial charge on any atom is -0.390 e. The zero-order valence-electron chi connectivity index (χ0n) is 7.40. The maximum atomic E-state index is 9.37. The molecule has 3 nitrogen and oxygen atoms in total. The van der Waals surface area contributed by atoms with Crippen LogP contribution in [0.15, 0.2) is 18.3 Å². The number of aromatic nitrogens is 1. The average Bonchev–Trinajstić information content (AvgIpc) is 2.09. The summed E-state index contributed by atoms with van der Waals surface area (Å²) in [5, 5.41) is 9.98. The van der Waals surface area contributed by atoms with Crippen molar-refractivity contribution in [1.82, 2.24) is 4.98 Å². The predicted molar refractivity (Wildman–Crippen MR) is 50.8 cm³/mol. The Balaban J connectivity index is 2.49. The van der Waals surface area contributed by atoms with E-state index in [2.05, 4.69) is 4.98 Å². The van der Waals surface area contributed by atoms with Crippen LogP contribution in [0.5, 0.6) is 0 Å². The van der Waals surface area contributed by atoms with Crippen LogP contribution in [0.4, 0.5) is 0 Å². The normalized spacial score (nSPS) is 12.8. The van der Waals surface area contributed by atoms with E-state index in [1.165, 1.54) is 0 Å². The molecule has 0 aromatic carbocycles. The Kier molecular flexibility index (Phi) is 4.15. The summed E-state index contributed by atoms with van der Waals surface area (Å²) in [6, 6.07) is 3.55. The second kappa shape index (κ2) is 5.17. The molecule has 0 fully saturated rings. The third kappa shape index (κ3) is 3.72. The highest BCUT2D eigenvalue weighted by atomic mass is 35.5. The molecule has 1 aromatic heterocycles. The molecular weight excluding hydrogens is 190 g/mol. The average molecular weight is 202 g/mol. The van der Waals surface area contributed by atoms with Gasteiger partial charge in [-0.1, -0.05) is 11.6 Å². The number of aliphatic hydroxyl groups excluding tert-OH is 1. The van der Waals surface area contributed by atoms with Crippen LogP contribution in [-0.2, 0) is 11.2 Å². The second-order valence-electron chi connectivity index (χ2n) is 2.78. The third-order valence-corrected chi connectivity index (χ3v) is 1.82. The summed E-state index contributed by atoms with van der Waals surface area (Å²) in [5.74, 6) is 0. The molecule has 13 heavy (non-hydrogen) atoms. The zero-order valence-corrected chi connectivity index (χ0v) is 8.16. The van der Waals surface area contributed by atoms with Gasteiger partial charge in [0.05, 0.1) is 17.7 Å². The first-order chi connectivity index (χ1) is 6.22. The number of ether oxygens (including phenoxy) is 1. The van der Waals surface area contributed by atoms with Gasteiger partial charge in [-0.15, -0.1) is 0 Å². The molecule has 0 aliphatic carbocycles. The van der Waals surface area contributed by atoms with Crippen LogP contribution in [0.25, 0.3) is 0 Å². The maximum Gasteiger partial charge on any atom is 0.0828 e. The van der Waals surface area contributed by atoms with Crippen molar-refractivity contribution in [2.24, 2.45) is 0 Å². The van der Waals surface area contributed by atoms with Crippen molar-refractivity contribution in [3.05, 3.63) is 29.0 Å². The smallest absolute Gasteiger partial charge is 0.0828 e. The molecule has 0 saturated heterocycles. The van der Waals surface area contributed by atoms with E-state index in [0.29, 0.717) is 18.1 Å². The number of hydrogen-bond donors (Lipinski definition) is 1. The quantitative estimate of drug-likeness (QED) is 0.798. The highest BCUT2D eigenvalue weighted by Crippen LogP contribution is 2.07. The number of halogens is 1. The van der Waals surface area contributed by atoms with Crippen molar-refractivity contribution in [2.75, 3.05) is 13.7 Å². The molecular formula is C9H12ClNO2. The Morgan fingerprint density at radius 1 is 1.62 bits per heavy atom. The molecule has 0 amide bonds. The summed E-state index contributed by atoms with van der Waals surface area (Å²) >= 11 is 5.66. The van der Waals surface area contributed by atoms with Gasteiger partial charge in [-0.3, -0.25) is 4.98 Å². The molecule has 0 spiro atoms. The molecule has 1 rings (SSSR count). The SMILES string of the molecule is COCC(O)Cc1ccc(Cl)cn1. The van der Waals surface area contributed by atoms with E-state index in [1.807, 2.05) is 0 Å². The molecule has 1 unspecified atom stereocenters. The van der Waals surface area contributed by atoms with Crippen molar-refractivity contribution in [1.29, 1.82) is 0 Å². The van der Waals surface area contributed by atoms with Gasteiger partial charge < -0.3 is 9.84 Å². The summed E-state index contributed by atoms with van der Waals surface area (Å²) < 4.78 is 4.80. The van der Waals surface area contributed by atoms with Crippen molar-refractivity contribution in [2.45, 2.75) is 12.5 Å². The van der Waals surface area contributed by atoms with Gasteiger partial charge in [0, 0.05) is 25.4 Å². The Bertz CT molecular complexity index is 250. The van der Waals surface area contributed by atoms with Crippen molar-refractivity contribution in [3.63, 3.8) is 0 Å². The second-order valence-corrected chi connectivity index (χ2v) is 3.22. The number of methoxy groups -OCH3 is 1. The molecule has 0 aliphatic rings. The Labute approximate surface area is 82.3 Å².